The Kier molecular flexibility index (Phi) is 2.95. The molecule has 0 saturated carbocycles. The van der Waals surface area contributed by atoms with E-state index < -0.39 is 0 Å². The van der Waals surface area contributed by atoms with Gasteiger partial charge in [0, 0.05) is 0 Å². The first kappa shape index (κ1) is 8.73. The second kappa shape index (κ2) is 4.40. The van der Waals surface area contributed by atoms with E-state index in [2.05, 4.69) is 24.3 Å². The molecule has 2 nitrogen and oxygen atoms in total. The van der Waals surface area contributed by atoms with Crippen LogP contribution in [0.2, 0.25) is 0 Å². The summed E-state index contributed by atoms with van der Waals surface area (Å²) in [4.78, 5) is 0. The van der Waals surface area contributed by atoms with E-state index in [0.29, 0.717) is 6.10 Å². The third kappa shape index (κ3) is 3.17. The van der Waals surface area contributed by atoms with E-state index in [1.54, 1.807) is 0 Å². The maximum atomic E-state index is 5.44. The van der Waals surface area contributed by atoms with E-state index in [1.165, 1.54) is 5.56 Å². The van der Waals surface area contributed by atoms with Gasteiger partial charge < -0.3 is 9.47 Å². The van der Waals surface area contributed by atoms with Gasteiger partial charge >= 0.3 is 0 Å². The molecule has 13 heavy (non-hydrogen) atoms. The highest BCUT2D eigenvalue weighted by atomic mass is 16.6. The molecular weight excluding hydrogens is 164 g/mol. The molecule has 0 N–H and O–H groups in total. The molecule has 1 aromatic carbocycles. The Morgan fingerprint density at radius 1 is 1.31 bits per heavy atom. The first-order valence-corrected chi connectivity index (χ1v) is 4.68. The SMILES string of the molecule is c1ccc(CCOC[C@H]2CO2)cc1. The van der Waals surface area contributed by atoms with E-state index in [-0.39, 0.29) is 0 Å². The molecular formula is C11H14O2. The van der Waals surface area contributed by atoms with Crippen molar-refractivity contribution in [1.82, 2.24) is 0 Å². The summed E-state index contributed by atoms with van der Waals surface area (Å²) in [5, 5.41) is 0. The lowest BCUT2D eigenvalue weighted by atomic mass is 10.2. The van der Waals surface area contributed by atoms with Crippen LogP contribution in [0.25, 0.3) is 0 Å². The molecule has 0 aromatic heterocycles. The Labute approximate surface area is 78.5 Å². The lowest BCUT2D eigenvalue weighted by Gasteiger charge is -2.01. The largest absolute Gasteiger partial charge is 0.378 e. The second-order valence-electron chi connectivity index (χ2n) is 3.27. The molecule has 0 bridgehead atoms. The van der Waals surface area contributed by atoms with Crippen molar-refractivity contribution in [2.45, 2.75) is 12.5 Å². The van der Waals surface area contributed by atoms with Gasteiger partial charge in [-0.15, -0.1) is 0 Å². The maximum absolute atomic E-state index is 5.44. The van der Waals surface area contributed by atoms with Crippen LogP contribution in [0.5, 0.6) is 0 Å². The molecule has 2 heteroatoms. The van der Waals surface area contributed by atoms with Crippen molar-refractivity contribution in [3.63, 3.8) is 0 Å². The number of hydrogen-bond donors (Lipinski definition) is 0. The number of hydrogen-bond acceptors (Lipinski definition) is 2. The molecule has 1 fully saturated rings. The van der Waals surface area contributed by atoms with Crippen molar-refractivity contribution in [3.8, 4) is 0 Å². The third-order valence-corrected chi connectivity index (χ3v) is 2.08. The van der Waals surface area contributed by atoms with Crippen LogP contribution in [0.1, 0.15) is 5.56 Å². The second-order valence-corrected chi connectivity index (χ2v) is 3.27. The molecule has 1 aromatic rings. The van der Waals surface area contributed by atoms with Crippen LogP contribution < -0.4 is 0 Å². The minimum absolute atomic E-state index is 0.385. The van der Waals surface area contributed by atoms with E-state index in [1.807, 2.05) is 6.07 Å². The first-order valence-electron chi connectivity index (χ1n) is 4.68. The summed E-state index contributed by atoms with van der Waals surface area (Å²) in [7, 11) is 0. The van der Waals surface area contributed by atoms with Gasteiger partial charge in [-0.25, -0.2) is 0 Å². The van der Waals surface area contributed by atoms with Crippen molar-refractivity contribution < 1.29 is 9.47 Å². The van der Waals surface area contributed by atoms with Crippen molar-refractivity contribution in [2.75, 3.05) is 19.8 Å². The van der Waals surface area contributed by atoms with Crippen LogP contribution >= 0.6 is 0 Å². The van der Waals surface area contributed by atoms with E-state index in [4.69, 9.17) is 9.47 Å². The average Bonchev–Trinajstić information content (AvgIpc) is 2.98. The molecule has 0 amide bonds. The summed E-state index contributed by atoms with van der Waals surface area (Å²) in [6, 6.07) is 10.4. The minimum atomic E-state index is 0.385. The highest BCUT2D eigenvalue weighted by Gasteiger charge is 2.21. The van der Waals surface area contributed by atoms with Crippen molar-refractivity contribution in [3.05, 3.63) is 35.9 Å². The third-order valence-electron chi connectivity index (χ3n) is 2.08. The molecule has 0 spiro atoms. The van der Waals surface area contributed by atoms with Crippen LogP contribution in [-0.2, 0) is 15.9 Å². The molecule has 1 atom stereocenters. The monoisotopic (exact) mass is 178 g/mol. The van der Waals surface area contributed by atoms with E-state index in [9.17, 15) is 0 Å². The fourth-order valence-corrected chi connectivity index (χ4v) is 1.21. The van der Waals surface area contributed by atoms with E-state index in [0.717, 1.165) is 26.2 Å². The molecule has 1 aliphatic rings. The molecule has 2 rings (SSSR count). The van der Waals surface area contributed by atoms with Gasteiger partial charge in [-0.3, -0.25) is 0 Å². The summed E-state index contributed by atoms with van der Waals surface area (Å²) in [6.07, 6.45) is 1.38. The highest BCUT2D eigenvalue weighted by molar-refractivity contribution is 5.14. The Hall–Kier alpha value is -0.860. The van der Waals surface area contributed by atoms with Crippen molar-refractivity contribution in [1.29, 1.82) is 0 Å². The predicted octanol–water partition coefficient (Wildman–Crippen LogP) is 1.64. The van der Waals surface area contributed by atoms with Crippen LogP contribution in [0.4, 0.5) is 0 Å². The van der Waals surface area contributed by atoms with Gasteiger partial charge in [-0.2, -0.15) is 0 Å². The van der Waals surface area contributed by atoms with Crippen LogP contribution in [0.15, 0.2) is 30.3 Å². The van der Waals surface area contributed by atoms with Gasteiger partial charge in [0.05, 0.1) is 19.8 Å². The zero-order chi connectivity index (χ0) is 8.93. The Balaban J connectivity index is 1.61. The molecule has 70 valence electrons. The molecule has 0 aliphatic carbocycles. The lowest BCUT2D eigenvalue weighted by molar-refractivity contribution is 0.119. The minimum Gasteiger partial charge on any atom is -0.378 e. The van der Waals surface area contributed by atoms with Gasteiger partial charge in [-0.05, 0) is 12.0 Å². The van der Waals surface area contributed by atoms with Crippen LogP contribution in [0, 0.1) is 0 Å². The Morgan fingerprint density at radius 3 is 2.77 bits per heavy atom. The molecule has 0 unspecified atom stereocenters. The summed E-state index contributed by atoms with van der Waals surface area (Å²) >= 11 is 0. The number of benzene rings is 1. The van der Waals surface area contributed by atoms with Crippen molar-refractivity contribution >= 4 is 0 Å². The summed E-state index contributed by atoms with van der Waals surface area (Å²) < 4.78 is 10.5. The summed E-state index contributed by atoms with van der Waals surface area (Å²) in [6.45, 7) is 2.43. The quantitative estimate of drug-likeness (QED) is 0.505. The summed E-state index contributed by atoms with van der Waals surface area (Å²) in [5.41, 5.74) is 1.33. The molecule has 1 heterocycles. The molecule has 1 saturated heterocycles. The lowest BCUT2D eigenvalue weighted by Crippen LogP contribution is -2.04. The zero-order valence-corrected chi connectivity index (χ0v) is 7.61. The summed E-state index contributed by atoms with van der Waals surface area (Å²) in [5.74, 6) is 0. The standard InChI is InChI=1S/C11H14O2/c1-2-4-10(5-3-1)6-7-12-8-11-9-13-11/h1-5,11H,6-9H2/t11-/m0/s1. The van der Waals surface area contributed by atoms with E-state index >= 15 is 0 Å². The topological polar surface area (TPSA) is 21.8 Å². The van der Waals surface area contributed by atoms with Gasteiger partial charge in [0.15, 0.2) is 0 Å². The number of rotatable bonds is 5. The maximum Gasteiger partial charge on any atom is 0.104 e. The van der Waals surface area contributed by atoms with Crippen LogP contribution in [-0.4, -0.2) is 25.9 Å². The molecule has 1 aliphatic heterocycles. The first-order chi connectivity index (χ1) is 6.45. The number of epoxide rings is 1. The predicted molar refractivity (Wildman–Crippen MR) is 50.7 cm³/mol. The highest BCUT2D eigenvalue weighted by Crippen LogP contribution is 2.08. The normalized spacial score (nSPS) is 20.2. The van der Waals surface area contributed by atoms with Crippen molar-refractivity contribution in [2.24, 2.45) is 0 Å². The van der Waals surface area contributed by atoms with Gasteiger partial charge in [0.1, 0.15) is 6.10 Å². The fraction of sp³-hybridized carbons (Fsp3) is 0.455. The average molecular weight is 178 g/mol. The van der Waals surface area contributed by atoms with Gasteiger partial charge in [-0.1, -0.05) is 30.3 Å². The number of ether oxygens (including phenoxy) is 2. The smallest absolute Gasteiger partial charge is 0.104 e. The van der Waals surface area contributed by atoms with Crippen LogP contribution in [0.3, 0.4) is 0 Å². The Bertz CT molecular complexity index is 242. The Morgan fingerprint density at radius 2 is 2.08 bits per heavy atom. The fourth-order valence-electron chi connectivity index (χ4n) is 1.21. The van der Waals surface area contributed by atoms with Gasteiger partial charge in [0.25, 0.3) is 0 Å². The van der Waals surface area contributed by atoms with Gasteiger partial charge in [0.2, 0.25) is 0 Å². The molecule has 0 radical (unpaired) electrons. The zero-order valence-electron chi connectivity index (χ0n) is 7.61.